The van der Waals surface area contributed by atoms with Crippen LogP contribution in [0.5, 0.6) is 0 Å². The number of pyridine rings is 1. The highest BCUT2D eigenvalue weighted by atomic mass is 32.2. The zero-order chi connectivity index (χ0) is 25.8. The van der Waals surface area contributed by atoms with E-state index in [1.165, 1.54) is 108 Å². The molecule has 0 unspecified atom stereocenters. The van der Waals surface area contributed by atoms with Crippen LogP contribution in [0.3, 0.4) is 0 Å². The zero-order valence-corrected chi connectivity index (χ0v) is 23.9. The number of thioether (sulfide) groups is 1. The van der Waals surface area contributed by atoms with Crippen LogP contribution in [-0.2, 0) is 6.42 Å². The Balaban J connectivity index is 1.26. The maximum absolute atomic E-state index is 4.58. The Hall–Kier alpha value is -2.14. The number of nitrogens with zero attached hydrogens (tertiary/aromatic N) is 4. The first-order valence-electron chi connectivity index (χ1n) is 14.9. The number of unbranched alkanes of at least 4 members (excludes halogenated alkanes) is 15. The van der Waals surface area contributed by atoms with Gasteiger partial charge >= 0.3 is 0 Å². The minimum absolute atomic E-state index is 0.754. The summed E-state index contributed by atoms with van der Waals surface area (Å²) in [5.41, 5.74) is 1.24. The van der Waals surface area contributed by atoms with E-state index in [1.807, 2.05) is 42.2 Å². The van der Waals surface area contributed by atoms with Crippen LogP contribution in [0.15, 0.2) is 59.9 Å². The van der Waals surface area contributed by atoms with Gasteiger partial charge in [-0.25, -0.2) is 4.98 Å². The summed E-state index contributed by atoms with van der Waals surface area (Å²) in [6.07, 6.45) is 25.0. The monoisotopic (exact) mass is 520 g/mol. The van der Waals surface area contributed by atoms with Gasteiger partial charge in [0.2, 0.25) is 0 Å². The van der Waals surface area contributed by atoms with Crippen molar-refractivity contribution in [2.24, 2.45) is 0 Å². The molecule has 0 aliphatic carbocycles. The maximum atomic E-state index is 4.58. The number of rotatable bonds is 21. The molecule has 0 spiro atoms. The van der Waals surface area contributed by atoms with Crippen LogP contribution in [0.4, 0.5) is 0 Å². The quantitative estimate of drug-likeness (QED) is 0.104. The second kappa shape index (κ2) is 19.0. The summed E-state index contributed by atoms with van der Waals surface area (Å²) in [6.45, 7) is 2.29. The molecule has 3 aromatic rings. The van der Waals surface area contributed by atoms with Crippen molar-refractivity contribution in [3.05, 3.63) is 66.1 Å². The second-order valence-electron chi connectivity index (χ2n) is 10.2. The molecule has 37 heavy (non-hydrogen) atoms. The third kappa shape index (κ3) is 11.8. The van der Waals surface area contributed by atoms with Gasteiger partial charge in [-0.05, 0) is 24.1 Å². The molecule has 0 radical (unpaired) electrons. The molecule has 5 heteroatoms. The Kier molecular flexibility index (Phi) is 15.1. The standard InChI is InChI=1S/C32H48N4S/c1-2-3-4-5-6-7-8-9-10-11-12-13-14-15-16-22-27-37-32-35-34-31(28-29-23-18-17-19-24-29)36(32)30-25-20-21-26-33-30/h17-21,23-26H,2-16,22,27-28H2,1H3. The van der Waals surface area contributed by atoms with Gasteiger partial charge in [0.1, 0.15) is 11.6 Å². The van der Waals surface area contributed by atoms with Crippen LogP contribution in [0.1, 0.15) is 121 Å². The molecular formula is C32H48N4S. The van der Waals surface area contributed by atoms with E-state index in [4.69, 9.17) is 0 Å². The molecule has 4 nitrogen and oxygen atoms in total. The van der Waals surface area contributed by atoms with Crippen LogP contribution in [0, 0.1) is 0 Å². The van der Waals surface area contributed by atoms with Crippen molar-refractivity contribution in [3.8, 4) is 5.82 Å². The lowest BCUT2D eigenvalue weighted by atomic mass is 10.0. The van der Waals surface area contributed by atoms with Gasteiger partial charge in [0.05, 0.1) is 0 Å². The molecule has 0 aliphatic heterocycles. The summed E-state index contributed by atoms with van der Waals surface area (Å²) in [4.78, 5) is 4.58. The predicted octanol–water partition coefficient (Wildman–Crippen LogP) is 9.61. The van der Waals surface area contributed by atoms with E-state index >= 15 is 0 Å². The molecule has 0 fully saturated rings. The lowest BCUT2D eigenvalue weighted by Crippen LogP contribution is -2.05. The van der Waals surface area contributed by atoms with Crippen molar-refractivity contribution in [1.82, 2.24) is 19.7 Å². The van der Waals surface area contributed by atoms with Crippen LogP contribution in [0.2, 0.25) is 0 Å². The van der Waals surface area contributed by atoms with Crippen molar-refractivity contribution in [2.75, 3.05) is 5.75 Å². The van der Waals surface area contributed by atoms with Crippen molar-refractivity contribution in [3.63, 3.8) is 0 Å². The first-order chi connectivity index (χ1) is 18.4. The molecule has 0 amide bonds. The number of hydrogen-bond acceptors (Lipinski definition) is 4. The van der Waals surface area contributed by atoms with Gasteiger partial charge < -0.3 is 0 Å². The molecule has 1 aromatic carbocycles. The molecule has 0 N–H and O–H groups in total. The molecule has 202 valence electrons. The van der Waals surface area contributed by atoms with Gasteiger partial charge in [-0.3, -0.25) is 4.57 Å². The Morgan fingerprint density at radius 2 is 1.19 bits per heavy atom. The topological polar surface area (TPSA) is 43.6 Å². The van der Waals surface area contributed by atoms with Gasteiger partial charge in [0.25, 0.3) is 0 Å². The van der Waals surface area contributed by atoms with Crippen molar-refractivity contribution in [1.29, 1.82) is 0 Å². The Morgan fingerprint density at radius 3 is 1.76 bits per heavy atom. The minimum Gasteiger partial charge on any atom is -0.257 e. The molecule has 0 aliphatic rings. The van der Waals surface area contributed by atoms with Crippen molar-refractivity contribution >= 4 is 11.8 Å². The second-order valence-corrected chi connectivity index (χ2v) is 11.3. The lowest BCUT2D eigenvalue weighted by molar-refractivity contribution is 0.531. The molecule has 0 bridgehead atoms. The smallest absolute Gasteiger partial charge is 0.197 e. The Morgan fingerprint density at radius 1 is 0.622 bits per heavy atom. The first kappa shape index (κ1) is 29.4. The van der Waals surface area contributed by atoms with E-state index in [2.05, 4.69) is 50.9 Å². The summed E-state index contributed by atoms with van der Waals surface area (Å²) in [7, 11) is 0. The van der Waals surface area contributed by atoms with E-state index in [9.17, 15) is 0 Å². The van der Waals surface area contributed by atoms with Crippen molar-refractivity contribution < 1.29 is 0 Å². The molecule has 2 aromatic heterocycles. The highest BCUT2D eigenvalue weighted by molar-refractivity contribution is 7.99. The first-order valence-corrected chi connectivity index (χ1v) is 15.9. The highest BCUT2D eigenvalue weighted by Gasteiger charge is 2.15. The largest absolute Gasteiger partial charge is 0.257 e. The predicted molar refractivity (Wildman–Crippen MR) is 159 cm³/mol. The normalized spacial score (nSPS) is 11.3. The average Bonchev–Trinajstić information content (AvgIpc) is 3.33. The number of benzene rings is 1. The van der Waals surface area contributed by atoms with Crippen LogP contribution < -0.4 is 0 Å². The molecule has 2 heterocycles. The Labute approximate surface area is 230 Å². The summed E-state index contributed by atoms with van der Waals surface area (Å²) in [5, 5.41) is 10.0. The fourth-order valence-electron chi connectivity index (χ4n) is 4.82. The molecule has 0 saturated heterocycles. The molecular weight excluding hydrogens is 472 g/mol. The van der Waals surface area contributed by atoms with E-state index < -0.39 is 0 Å². The SMILES string of the molecule is CCCCCCCCCCCCCCCCCCSc1nnc(Cc2ccccc2)n1-c1ccccn1. The summed E-state index contributed by atoms with van der Waals surface area (Å²) < 4.78 is 2.13. The van der Waals surface area contributed by atoms with Gasteiger partial charge in [-0.2, -0.15) is 0 Å². The van der Waals surface area contributed by atoms with Gasteiger partial charge in [0, 0.05) is 18.4 Å². The van der Waals surface area contributed by atoms with Gasteiger partial charge in [0.15, 0.2) is 5.16 Å². The fraction of sp³-hybridized carbons (Fsp3) is 0.594. The molecule has 0 saturated carbocycles. The van der Waals surface area contributed by atoms with Crippen LogP contribution in [0.25, 0.3) is 5.82 Å². The summed E-state index contributed by atoms with van der Waals surface area (Å²) in [5.74, 6) is 2.92. The highest BCUT2D eigenvalue weighted by Crippen LogP contribution is 2.24. The maximum Gasteiger partial charge on any atom is 0.197 e. The van der Waals surface area contributed by atoms with Gasteiger partial charge in [-0.15, -0.1) is 10.2 Å². The zero-order valence-electron chi connectivity index (χ0n) is 23.1. The fourth-order valence-corrected chi connectivity index (χ4v) is 5.77. The number of aromatic nitrogens is 4. The molecule has 3 rings (SSSR count). The summed E-state index contributed by atoms with van der Waals surface area (Å²) >= 11 is 1.81. The van der Waals surface area contributed by atoms with E-state index in [0.29, 0.717) is 0 Å². The van der Waals surface area contributed by atoms with E-state index in [1.54, 1.807) is 0 Å². The summed E-state index contributed by atoms with van der Waals surface area (Å²) in [6, 6.07) is 16.5. The van der Waals surface area contributed by atoms with E-state index in [-0.39, 0.29) is 0 Å². The number of hydrogen-bond donors (Lipinski definition) is 0. The minimum atomic E-state index is 0.754. The third-order valence-electron chi connectivity index (χ3n) is 7.01. The molecule has 0 atom stereocenters. The van der Waals surface area contributed by atoms with Crippen LogP contribution >= 0.6 is 11.8 Å². The van der Waals surface area contributed by atoms with Gasteiger partial charge in [-0.1, -0.05) is 151 Å². The lowest BCUT2D eigenvalue weighted by Gasteiger charge is -2.09. The average molecular weight is 521 g/mol. The Bertz CT molecular complexity index is 942. The van der Waals surface area contributed by atoms with E-state index in [0.717, 1.165) is 29.0 Å². The van der Waals surface area contributed by atoms with Crippen LogP contribution in [-0.4, -0.2) is 25.5 Å². The third-order valence-corrected chi connectivity index (χ3v) is 8.03. The van der Waals surface area contributed by atoms with Crippen molar-refractivity contribution in [2.45, 2.75) is 121 Å².